The fraction of sp³-hybridized carbons (Fsp3) is 0.333. The Kier molecular flexibility index (Phi) is 4.26. The van der Waals surface area contributed by atoms with Gasteiger partial charge in [-0.1, -0.05) is 30.3 Å². The van der Waals surface area contributed by atoms with Crippen LogP contribution in [0.15, 0.2) is 48.5 Å². The first-order chi connectivity index (χ1) is 12.2. The van der Waals surface area contributed by atoms with E-state index < -0.39 is 0 Å². The van der Waals surface area contributed by atoms with E-state index in [1.54, 1.807) is 0 Å². The number of nitrogens with one attached hydrogen (secondary N) is 1. The summed E-state index contributed by atoms with van der Waals surface area (Å²) in [7, 11) is 0. The summed E-state index contributed by atoms with van der Waals surface area (Å²) < 4.78 is 0. The Balaban J connectivity index is 1.40. The van der Waals surface area contributed by atoms with Gasteiger partial charge in [-0.05, 0) is 55.9 Å². The van der Waals surface area contributed by atoms with E-state index in [1.807, 2.05) is 30.0 Å². The van der Waals surface area contributed by atoms with Gasteiger partial charge in [-0.3, -0.25) is 4.79 Å². The summed E-state index contributed by atoms with van der Waals surface area (Å²) in [5.74, 6) is 1.68. The van der Waals surface area contributed by atoms with Crippen molar-refractivity contribution in [1.29, 1.82) is 0 Å². The Morgan fingerprint density at radius 1 is 1.16 bits per heavy atom. The monoisotopic (exact) mass is 333 g/mol. The van der Waals surface area contributed by atoms with Crippen LogP contribution in [0.4, 0.5) is 0 Å². The minimum Gasteiger partial charge on any atom is -0.342 e. The molecule has 25 heavy (non-hydrogen) atoms. The lowest BCUT2D eigenvalue weighted by Crippen LogP contribution is -2.38. The highest BCUT2D eigenvalue weighted by atomic mass is 16.2. The average molecular weight is 333 g/mol. The van der Waals surface area contributed by atoms with Crippen LogP contribution >= 0.6 is 0 Å². The van der Waals surface area contributed by atoms with Gasteiger partial charge in [0.05, 0.1) is 11.0 Å². The van der Waals surface area contributed by atoms with Crippen LogP contribution in [0.3, 0.4) is 0 Å². The maximum absolute atomic E-state index is 12.8. The number of carbonyl (C=O) groups is 1. The van der Waals surface area contributed by atoms with E-state index >= 15 is 0 Å². The number of imidazole rings is 1. The van der Waals surface area contributed by atoms with Crippen molar-refractivity contribution in [3.05, 3.63) is 65.5 Å². The van der Waals surface area contributed by atoms with Gasteiger partial charge in [0.2, 0.25) is 0 Å². The second kappa shape index (κ2) is 6.71. The van der Waals surface area contributed by atoms with Crippen LogP contribution in [-0.2, 0) is 6.42 Å². The zero-order valence-corrected chi connectivity index (χ0v) is 14.5. The molecule has 1 saturated heterocycles. The third-order valence-electron chi connectivity index (χ3n) is 5.12. The van der Waals surface area contributed by atoms with Crippen molar-refractivity contribution in [3.8, 4) is 0 Å². The topological polar surface area (TPSA) is 49.0 Å². The third-order valence-corrected chi connectivity index (χ3v) is 5.12. The van der Waals surface area contributed by atoms with Gasteiger partial charge in [-0.15, -0.1) is 0 Å². The molecular formula is C21H23N3O. The Morgan fingerprint density at radius 3 is 2.68 bits per heavy atom. The van der Waals surface area contributed by atoms with Crippen molar-refractivity contribution < 1.29 is 4.79 Å². The summed E-state index contributed by atoms with van der Waals surface area (Å²) in [5, 5.41) is 0. The van der Waals surface area contributed by atoms with Gasteiger partial charge in [0, 0.05) is 18.7 Å². The first kappa shape index (κ1) is 15.9. The standard InChI is InChI=1S/C21H23N3O/c1-15-22-19-8-7-18(14-20(19)23-15)21(25)24-11-9-17(10-12-24)13-16-5-3-2-4-6-16/h2-8,14,17H,9-13H2,1H3,(H,22,23). The van der Waals surface area contributed by atoms with Gasteiger partial charge in [-0.2, -0.15) is 0 Å². The number of fused-ring (bicyclic) bond motifs is 1. The smallest absolute Gasteiger partial charge is 0.253 e. The first-order valence-corrected chi connectivity index (χ1v) is 8.98. The van der Waals surface area contributed by atoms with Gasteiger partial charge < -0.3 is 9.88 Å². The van der Waals surface area contributed by atoms with E-state index in [9.17, 15) is 4.79 Å². The Bertz CT molecular complexity index is 877. The van der Waals surface area contributed by atoms with Crippen LogP contribution in [0.1, 0.15) is 34.6 Å². The number of nitrogens with zero attached hydrogens (tertiary/aromatic N) is 2. The van der Waals surface area contributed by atoms with Crippen molar-refractivity contribution in [2.24, 2.45) is 5.92 Å². The molecule has 0 saturated carbocycles. The number of carbonyl (C=O) groups excluding carboxylic acids is 1. The SMILES string of the molecule is Cc1nc2ccc(C(=O)N3CCC(Cc4ccccc4)CC3)cc2[nH]1. The maximum Gasteiger partial charge on any atom is 0.253 e. The molecule has 0 spiro atoms. The zero-order valence-electron chi connectivity index (χ0n) is 14.5. The average Bonchev–Trinajstić information content (AvgIpc) is 3.02. The molecule has 4 nitrogen and oxygen atoms in total. The van der Waals surface area contributed by atoms with Crippen molar-refractivity contribution in [1.82, 2.24) is 14.9 Å². The van der Waals surface area contributed by atoms with Gasteiger partial charge in [0.25, 0.3) is 5.91 Å². The molecule has 1 amide bonds. The molecule has 0 atom stereocenters. The molecule has 1 aliphatic heterocycles. The molecule has 1 N–H and O–H groups in total. The van der Waals surface area contributed by atoms with Crippen LogP contribution in [0.5, 0.6) is 0 Å². The van der Waals surface area contributed by atoms with E-state index in [2.05, 4.69) is 40.3 Å². The molecule has 3 aromatic rings. The molecule has 2 heterocycles. The largest absolute Gasteiger partial charge is 0.342 e. The van der Waals surface area contributed by atoms with E-state index in [4.69, 9.17) is 0 Å². The number of hydrogen-bond donors (Lipinski definition) is 1. The normalized spacial score (nSPS) is 15.6. The highest BCUT2D eigenvalue weighted by Crippen LogP contribution is 2.23. The van der Waals surface area contributed by atoms with E-state index in [0.717, 1.165) is 54.8 Å². The van der Waals surface area contributed by atoms with E-state index in [0.29, 0.717) is 5.92 Å². The number of hydrogen-bond acceptors (Lipinski definition) is 2. The number of benzene rings is 2. The summed E-state index contributed by atoms with van der Waals surface area (Å²) in [6.07, 6.45) is 3.26. The fourth-order valence-electron chi connectivity index (χ4n) is 3.74. The summed E-state index contributed by atoms with van der Waals surface area (Å²) in [5.41, 5.74) is 3.99. The Morgan fingerprint density at radius 2 is 1.92 bits per heavy atom. The summed E-state index contributed by atoms with van der Waals surface area (Å²) in [4.78, 5) is 22.4. The fourth-order valence-corrected chi connectivity index (χ4v) is 3.74. The molecule has 1 aliphatic rings. The number of H-pyrrole nitrogens is 1. The molecule has 1 aromatic heterocycles. The second-order valence-corrected chi connectivity index (χ2v) is 6.98. The molecule has 0 bridgehead atoms. The predicted octanol–water partition coefficient (Wildman–Crippen LogP) is 3.97. The number of amides is 1. The number of aryl methyl sites for hydroxylation is 1. The van der Waals surface area contributed by atoms with Crippen LogP contribution in [-0.4, -0.2) is 33.9 Å². The van der Waals surface area contributed by atoms with E-state index in [-0.39, 0.29) is 5.91 Å². The van der Waals surface area contributed by atoms with Crippen LogP contribution in [0.25, 0.3) is 11.0 Å². The van der Waals surface area contributed by atoms with Crippen molar-refractivity contribution in [2.75, 3.05) is 13.1 Å². The Labute approximate surface area is 147 Å². The minimum atomic E-state index is 0.132. The highest BCUT2D eigenvalue weighted by Gasteiger charge is 2.24. The maximum atomic E-state index is 12.8. The van der Waals surface area contributed by atoms with Crippen molar-refractivity contribution >= 4 is 16.9 Å². The van der Waals surface area contributed by atoms with Crippen molar-refractivity contribution in [2.45, 2.75) is 26.2 Å². The van der Waals surface area contributed by atoms with Gasteiger partial charge in [0.15, 0.2) is 0 Å². The summed E-state index contributed by atoms with van der Waals surface area (Å²) in [6, 6.07) is 16.4. The second-order valence-electron chi connectivity index (χ2n) is 6.98. The summed E-state index contributed by atoms with van der Waals surface area (Å²) >= 11 is 0. The van der Waals surface area contributed by atoms with Crippen molar-refractivity contribution in [3.63, 3.8) is 0 Å². The Hall–Kier alpha value is -2.62. The highest BCUT2D eigenvalue weighted by molar-refractivity contribution is 5.97. The zero-order chi connectivity index (χ0) is 17.2. The molecule has 0 unspecified atom stereocenters. The van der Waals surface area contributed by atoms with Gasteiger partial charge in [0.1, 0.15) is 5.82 Å². The molecule has 2 aromatic carbocycles. The minimum absolute atomic E-state index is 0.132. The van der Waals surface area contributed by atoms with E-state index in [1.165, 1.54) is 5.56 Å². The van der Waals surface area contributed by atoms with Gasteiger partial charge >= 0.3 is 0 Å². The van der Waals surface area contributed by atoms with Crippen LogP contribution < -0.4 is 0 Å². The third kappa shape index (κ3) is 3.43. The number of aromatic amines is 1. The predicted molar refractivity (Wildman–Crippen MR) is 99.6 cm³/mol. The molecular weight excluding hydrogens is 310 g/mol. The number of piperidine rings is 1. The number of aromatic nitrogens is 2. The molecule has 0 aliphatic carbocycles. The molecule has 4 heteroatoms. The molecule has 4 rings (SSSR count). The van der Waals surface area contributed by atoms with Gasteiger partial charge in [-0.25, -0.2) is 4.98 Å². The number of likely N-dealkylation sites (tertiary alicyclic amines) is 1. The lowest BCUT2D eigenvalue weighted by molar-refractivity contribution is 0.0690. The quantitative estimate of drug-likeness (QED) is 0.788. The number of rotatable bonds is 3. The molecule has 128 valence electrons. The summed E-state index contributed by atoms with van der Waals surface area (Å²) in [6.45, 7) is 3.62. The van der Waals surface area contributed by atoms with Crippen LogP contribution in [0.2, 0.25) is 0 Å². The molecule has 1 fully saturated rings. The lowest BCUT2D eigenvalue weighted by atomic mass is 9.90. The first-order valence-electron chi connectivity index (χ1n) is 8.98. The lowest BCUT2D eigenvalue weighted by Gasteiger charge is -2.32. The molecule has 0 radical (unpaired) electrons. The van der Waals surface area contributed by atoms with Crippen LogP contribution in [0, 0.1) is 12.8 Å².